The van der Waals surface area contributed by atoms with Crippen LogP contribution in [0.25, 0.3) is 0 Å². The fraction of sp³-hybridized carbons (Fsp3) is 0.586. The van der Waals surface area contributed by atoms with Gasteiger partial charge in [0.2, 0.25) is 5.91 Å². The van der Waals surface area contributed by atoms with E-state index >= 15 is 0 Å². The second-order valence-corrected chi connectivity index (χ2v) is 11.9. The molecule has 3 fully saturated rings. The van der Waals surface area contributed by atoms with Crippen LogP contribution in [0.4, 0.5) is 0 Å². The van der Waals surface area contributed by atoms with Gasteiger partial charge in [0.05, 0.1) is 24.1 Å². The van der Waals surface area contributed by atoms with Crippen LogP contribution in [0.2, 0.25) is 0 Å². The van der Waals surface area contributed by atoms with Gasteiger partial charge >= 0.3 is 0 Å². The summed E-state index contributed by atoms with van der Waals surface area (Å²) in [5, 5.41) is 25.6. The minimum absolute atomic E-state index is 0.0603. The number of aliphatic hydroxyl groups is 1. The first kappa shape index (κ1) is 28.3. The summed E-state index contributed by atoms with van der Waals surface area (Å²) in [5.41, 5.74) is 2.98. The number of amides is 1. The Labute approximate surface area is 231 Å². The lowest BCUT2D eigenvalue weighted by Crippen LogP contribution is -2.74. The van der Waals surface area contributed by atoms with E-state index in [0.717, 1.165) is 25.7 Å². The fourth-order valence-corrected chi connectivity index (χ4v) is 7.50. The third-order valence-corrected chi connectivity index (χ3v) is 9.40. The Hall–Kier alpha value is -3.28. The molecule has 5 rings (SSSR count). The van der Waals surface area contributed by atoms with Crippen molar-refractivity contribution in [1.82, 2.24) is 10.2 Å². The number of nitrogens with zero attached hydrogens (tertiary/aromatic N) is 1. The topological polar surface area (TPSA) is 184 Å². The number of fused-ring (bicyclic) bond motifs is 3. The van der Waals surface area contributed by atoms with Gasteiger partial charge < -0.3 is 21.3 Å². The number of carbonyl (C=O) groups is 6. The number of nitrogens with two attached hydrogens (primary N) is 1. The Kier molecular flexibility index (Phi) is 7.26. The van der Waals surface area contributed by atoms with Crippen LogP contribution in [0.1, 0.15) is 64.8 Å². The third-order valence-electron chi connectivity index (χ3n) is 9.40. The number of benzene rings is 1. The van der Waals surface area contributed by atoms with E-state index in [0.29, 0.717) is 5.56 Å². The van der Waals surface area contributed by atoms with Crippen molar-refractivity contribution in [3.8, 4) is 5.75 Å². The van der Waals surface area contributed by atoms with Crippen LogP contribution in [0, 0.1) is 23.7 Å². The monoisotopic (exact) mass is 553 g/mol. The maximum Gasteiger partial charge on any atom is 0.235 e. The molecule has 1 aromatic carbocycles. The van der Waals surface area contributed by atoms with E-state index in [1.54, 1.807) is 0 Å². The van der Waals surface area contributed by atoms with Crippen LogP contribution in [-0.4, -0.2) is 88.3 Å². The van der Waals surface area contributed by atoms with E-state index in [1.165, 1.54) is 37.5 Å². The van der Waals surface area contributed by atoms with Crippen LogP contribution in [0.3, 0.4) is 0 Å². The summed E-state index contributed by atoms with van der Waals surface area (Å²) >= 11 is 0. The Morgan fingerprint density at radius 1 is 1.07 bits per heavy atom. The van der Waals surface area contributed by atoms with Gasteiger partial charge in [0.15, 0.2) is 40.4 Å². The summed E-state index contributed by atoms with van der Waals surface area (Å²) in [4.78, 5) is 81.0. The molecule has 3 saturated carbocycles. The van der Waals surface area contributed by atoms with Crippen LogP contribution in [0.15, 0.2) is 12.1 Å². The number of likely N-dealkylation sites (N-methyl/N-ethyl adjacent to an activating group) is 1. The largest absolute Gasteiger partial charge is 0.507 e. The predicted octanol–water partition coefficient (Wildman–Crippen LogP) is -0.0280. The first-order chi connectivity index (χ1) is 18.9. The molecule has 1 amide bonds. The van der Waals surface area contributed by atoms with Crippen molar-refractivity contribution in [2.24, 2.45) is 29.4 Å². The number of nitrogens with one attached hydrogen (secondary N) is 1. The number of carbonyl (C=O) groups excluding carboxylic acids is 6. The molecule has 0 aromatic heterocycles. The summed E-state index contributed by atoms with van der Waals surface area (Å²) in [5.74, 6) is -11.4. The summed E-state index contributed by atoms with van der Waals surface area (Å²) in [7, 11) is 3.06. The van der Waals surface area contributed by atoms with Gasteiger partial charge in [0.25, 0.3) is 0 Å². The van der Waals surface area contributed by atoms with Crippen molar-refractivity contribution >= 4 is 34.8 Å². The Morgan fingerprint density at radius 3 is 2.38 bits per heavy atom. The molecular formula is C29H35N3O8. The van der Waals surface area contributed by atoms with Crippen molar-refractivity contribution in [1.29, 1.82) is 0 Å². The maximum absolute atomic E-state index is 13.9. The molecule has 0 aliphatic heterocycles. The molecule has 0 spiro atoms. The second-order valence-electron chi connectivity index (χ2n) is 11.9. The molecule has 0 saturated heterocycles. The summed E-state index contributed by atoms with van der Waals surface area (Å²) in [6.07, 6.45) is 5.33. The van der Waals surface area contributed by atoms with Crippen molar-refractivity contribution < 1.29 is 39.0 Å². The van der Waals surface area contributed by atoms with Gasteiger partial charge in [0, 0.05) is 17.5 Å². The maximum atomic E-state index is 13.9. The zero-order valence-corrected chi connectivity index (χ0v) is 22.6. The minimum atomic E-state index is -2.77. The highest BCUT2D eigenvalue weighted by Gasteiger charge is 2.69. The van der Waals surface area contributed by atoms with Crippen LogP contribution < -0.4 is 11.1 Å². The van der Waals surface area contributed by atoms with Crippen molar-refractivity contribution in [2.45, 2.75) is 62.6 Å². The van der Waals surface area contributed by atoms with Crippen LogP contribution >= 0.6 is 0 Å². The molecule has 214 valence electrons. The van der Waals surface area contributed by atoms with Gasteiger partial charge in [-0.15, -0.1) is 0 Å². The third kappa shape index (κ3) is 4.22. The zero-order valence-electron chi connectivity index (χ0n) is 22.6. The molecule has 6 atom stereocenters. The smallest absolute Gasteiger partial charge is 0.235 e. The number of hydrogen-bond acceptors (Lipinski definition) is 10. The summed E-state index contributed by atoms with van der Waals surface area (Å²) in [6, 6.07) is 1.78. The standard InChI is InChI=1S/C29H35N3O8/c1-32(2)23-17-11-13-10-16-15(19(34)12-31-14-6-4-3-5-7-14)8-9-18(33)21(16)24(35)20(13)26(37)29(17,40)27(38)22(25(23)36)28(30)39/h8-9,13-14,17,20,22-23,31,33,40H,3-7,10-12H2,1-2H3,(H2,30,39)/t13-,17-,20?,22?,23+,29-/m0/s1. The van der Waals surface area contributed by atoms with E-state index in [-0.39, 0.29) is 42.3 Å². The summed E-state index contributed by atoms with van der Waals surface area (Å²) < 4.78 is 0. The van der Waals surface area contributed by atoms with E-state index < -0.39 is 70.1 Å². The van der Waals surface area contributed by atoms with Gasteiger partial charge in [-0.05, 0) is 63.4 Å². The molecule has 40 heavy (non-hydrogen) atoms. The van der Waals surface area contributed by atoms with Crippen molar-refractivity contribution in [3.63, 3.8) is 0 Å². The van der Waals surface area contributed by atoms with Gasteiger partial charge in [-0.3, -0.25) is 33.7 Å². The molecule has 0 bridgehead atoms. The van der Waals surface area contributed by atoms with Gasteiger partial charge in [-0.25, -0.2) is 0 Å². The highest BCUT2D eigenvalue weighted by Crippen LogP contribution is 2.51. The molecule has 0 heterocycles. The molecule has 4 aliphatic carbocycles. The number of aromatic hydroxyl groups is 1. The van der Waals surface area contributed by atoms with Crippen molar-refractivity contribution in [2.75, 3.05) is 20.6 Å². The Morgan fingerprint density at radius 2 is 1.75 bits per heavy atom. The number of phenolic OH excluding ortho intramolecular Hbond substituents is 1. The number of primary amides is 1. The molecule has 1 aromatic rings. The number of phenols is 1. The average Bonchev–Trinajstić information content (AvgIpc) is 2.89. The van der Waals surface area contributed by atoms with Crippen LogP contribution in [-0.2, 0) is 25.6 Å². The lowest BCUT2D eigenvalue weighted by atomic mass is 9.52. The van der Waals surface area contributed by atoms with Crippen molar-refractivity contribution in [3.05, 3.63) is 28.8 Å². The highest BCUT2D eigenvalue weighted by atomic mass is 16.3. The zero-order chi connectivity index (χ0) is 29.1. The molecule has 0 radical (unpaired) electrons. The lowest BCUT2D eigenvalue weighted by Gasteiger charge is -2.52. The number of Topliss-reactive ketones (excluding diaryl/α,β-unsaturated/α-hetero) is 5. The van der Waals surface area contributed by atoms with E-state index in [1.807, 2.05) is 0 Å². The minimum Gasteiger partial charge on any atom is -0.507 e. The number of ketones is 5. The molecule has 4 aliphatic rings. The molecule has 5 N–H and O–H groups in total. The quantitative estimate of drug-likeness (QED) is 0.276. The fourth-order valence-electron chi connectivity index (χ4n) is 7.50. The van der Waals surface area contributed by atoms with E-state index in [4.69, 9.17) is 5.73 Å². The second kappa shape index (κ2) is 10.3. The average molecular weight is 554 g/mol. The number of hydrogen-bond donors (Lipinski definition) is 4. The van der Waals surface area contributed by atoms with Gasteiger partial charge in [-0.1, -0.05) is 19.3 Å². The van der Waals surface area contributed by atoms with Gasteiger partial charge in [-0.2, -0.15) is 0 Å². The van der Waals surface area contributed by atoms with Gasteiger partial charge in [0.1, 0.15) is 5.75 Å². The molecular weight excluding hydrogens is 518 g/mol. The lowest BCUT2D eigenvalue weighted by molar-refractivity contribution is -0.181. The molecule has 2 unspecified atom stereocenters. The first-order valence-corrected chi connectivity index (χ1v) is 13.9. The SMILES string of the molecule is CN(C)[C@H]1C(=O)C(C(N)=O)C(=O)[C@@]2(O)C(=O)C3C(=O)c4c(O)ccc(C(=O)CNC5CCCCC5)c4C[C@H]3C[C@@H]12. The molecule has 11 heteroatoms. The normalized spacial score (nSPS) is 32.5. The molecule has 11 nitrogen and oxygen atoms in total. The van der Waals surface area contributed by atoms with E-state index in [2.05, 4.69) is 5.32 Å². The van der Waals surface area contributed by atoms with Crippen LogP contribution in [0.5, 0.6) is 5.75 Å². The Balaban J connectivity index is 1.52. The predicted molar refractivity (Wildman–Crippen MR) is 141 cm³/mol. The first-order valence-electron chi connectivity index (χ1n) is 13.9. The summed E-state index contributed by atoms with van der Waals surface area (Å²) in [6.45, 7) is 0.0612. The van der Waals surface area contributed by atoms with E-state index in [9.17, 15) is 39.0 Å². The number of rotatable bonds is 6. The Bertz CT molecular complexity index is 1320. The highest BCUT2D eigenvalue weighted by molar-refractivity contribution is 6.32.